The van der Waals surface area contributed by atoms with Gasteiger partial charge < -0.3 is 10.6 Å². The number of halogens is 1. The smallest absolute Gasteiger partial charge is 0.104 e. The molecule has 4 heteroatoms. The predicted molar refractivity (Wildman–Crippen MR) is 87.4 cm³/mol. The molecule has 0 fully saturated rings. The summed E-state index contributed by atoms with van der Waals surface area (Å²) < 4.78 is 1.05. The number of hydrogen-bond acceptors (Lipinski definition) is 2. The lowest BCUT2D eigenvalue weighted by atomic mass is 10.1. The Bertz CT molecular complexity index is 420. The minimum atomic E-state index is 0.437. The molecule has 0 saturated carbocycles. The van der Waals surface area contributed by atoms with Crippen LogP contribution in [0.25, 0.3) is 0 Å². The van der Waals surface area contributed by atoms with Crippen molar-refractivity contribution in [2.24, 2.45) is 11.7 Å². The van der Waals surface area contributed by atoms with Crippen LogP contribution in [0.1, 0.15) is 32.8 Å². The number of anilines is 1. The normalized spacial score (nSPS) is 12.2. The minimum Gasteiger partial charge on any atom is -0.389 e. The molecule has 2 nitrogen and oxygen atoms in total. The standard InChI is InChI=1S/C14H21BrN2S/c1-4-10(3)9-17(5-2)13-7-6-11(14(16)18)8-12(13)15/h6-8,10H,4-5,9H2,1-3H3,(H2,16,18). The van der Waals surface area contributed by atoms with Crippen LogP contribution in [0.5, 0.6) is 0 Å². The topological polar surface area (TPSA) is 29.3 Å². The van der Waals surface area contributed by atoms with Crippen LogP contribution in [0.4, 0.5) is 5.69 Å². The summed E-state index contributed by atoms with van der Waals surface area (Å²) in [5.74, 6) is 0.687. The van der Waals surface area contributed by atoms with Gasteiger partial charge in [-0.2, -0.15) is 0 Å². The number of hydrogen-bond donors (Lipinski definition) is 1. The fourth-order valence-corrected chi connectivity index (χ4v) is 2.58. The highest BCUT2D eigenvalue weighted by molar-refractivity contribution is 9.10. The summed E-state index contributed by atoms with van der Waals surface area (Å²) >= 11 is 8.60. The molecule has 2 N–H and O–H groups in total. The Balaban J connectivity index is 2.96. The van der Waals surface area contributed by atoms with Crippen LogP contribution in [0.2, 0.25) is 0 Å². The average Bonchev–Trinajstić information content (AvgIpc) is 2.35. The molecule has 100 valence electrons. The van der Waals surface area contributed by atoms with Crippen molar-refractivity contribution in [3.63, 3.8) is 0 Å². The molecule has 0 radical (unpaired) electrons. The van der Waals surface area contributed by atoms with Gasteiger partial charge in [0.15, 0.2) is 0 Å². The molecule has 1 aromatic carbocycles. The molecule has 1 unspecified atom stereocenters. The van der Waals surface area contributed by atoms with Crippen molar-refractivity contribution in [3.8, 4) is 0 Å². The molecular formula is C14H21BrN2S. The van der Waals surface area contributed by atoms with Gasteiger partial charge in [0.2, 0.25) is 0 Å². The number of nitrogens with two attached hydrogens (primary N) is 1. The largest absolute Gasteiger partial charge is 0.389 e. The summed E-state index contributed by atoms with van der Waals surface area (Å²) in [6, 6.07) is 6.07. The number of nitrogens with zero attached hydrogens (tertiary/aromatic N) is 1. The number of benzene rings is 1. The molecule has 1 atom stereocenters. The minimum absolute atomic E-state index is 0.437. The van der Waals surface area contributed by atoms with Gasteiger partial charge in [-0.3, -0.25) is 0 Å². The molecule has 0 saturated heterocycles. The third-order valence-electron chi connectivity index (χ3n) is 3.18. The maximum Gasteiger partial charge on any atom is 0.104 e. The number of thiocarbonyl (C=S) groups is 1. The molecule has 1 aromatic rings. The SMILES string of the molecule is CCC(C)CN(CC)c1ccc(C(N)=S)cc1Br. The van der Waals surface area contributed by atoms with Crippen LogP contribution in [0, 0.1) is 5.92 Å². The Morgan fingerprint density at radius 3 is 2.56 bits per heavy atom. The molecular weight excluding hydrogens is 308 g/mol. The van der Waals surface area contributed by atoms with Gasteiger partial charge in [-0.1, -0.05) is 32.5 Å². The molecule has 0 aromatic heterocycles. The Labute approximate surface area is 124 Å². The third-order valence-corrected chi connectivity index (χ3v) is 4.05. The van der Waals surface area contributed by atoms with Crippen molar-refractivity contribution in [2.75, 3.05) is 18.0 Å². The second-order valence-corrected chi connectivity index (χ2v) is 5.88. The van der Waals surface area contributed by atoms with Crippen molar-refractivity contribution in [1.29, 1.82) is 0 Å². The maximum absolute atomic E-state index is 5.64. The Hall–Kier alpha value is -0.610. The van der Waals surface area contributed by atoms with E-state index in [0.717, 1.165) is 23.1 Å². The highest BCUT2D eigenvalue weighted by Gasteiger charge is 2.12. The van der Waals surface area contributed by atoms with Crippen LogP contribution in [-0.2, 0) is 0 Å². The van der Waals surface area contributed by atoms with Crippen LogP contribution in [0.15, 0.2) is 22.7 Å². The van der Waals surface area contributed by atoms with E-state index in [9.17, 15) is 0 Å². The lowest BCUT2D eigenvalue weighted by Crippen LogP contribution is -2.28. The van der Waals surface area contributed by atoms with Gasteiger partial charge in [0, 0.05) is 23.1 Å². The van der Waals surface area contributed by atoms with E-state index in [2.05, 4.69) is 47.7 Å². The first-order valence-corrected chi connectivity index (χ1v) is 7.54. The monoisotopic (exact) mass is 328 g/mol. The van der Waals surface area contributed by atoms with E-state index in [-0.39, 0.29) is 0 Å². The Morgan fingerprint density at radius 1 is 1.44 bits per heavy atom. The summed E-state index contributed by atoms with van der Waals surface area (Å²) in [5.41, 5.74) is 7.75. The molecule has 0 bridgehead atoms. The van der Waals surface area contributed by atoms with E-state index < -0.39 is 0 Å². The molecule has 0 amide bonds. The van der Waals surface area contributed by atoms with Crippen molar-refractivity contribution >= 4 is 38.8 Å². The van der Waals surface area contributed by atoms with Crippen LogP contribution in [-0.4, -0.2) is 18.1 Å². The van der Waals surface area contributed by atoms with Crippen LogP contribution < -0.4 is 10.6 Å². The van der Waals surface area contributed by atoms with Crippen LogP contribution in [0.3, 0.4) is 0 Å². The Kier molecular flexibility index (Phi) is 6.09. The van der Waals surface area contributed by atoms with E-state index in [0.29, 0.717) is 10.9 Å². The summed E-state index contributed by atoms with van der Waals surface area (Å²) in [6.45, 7) is 8.74. The molecule has 1 rings (SSSR count). The van der Waals surface area contributed by atoms with Crippen LogP contribution >= 0.6 is 28.1 Å². The molecule has 0 spiro atoms. The fraction of sp³-hybridized carbons (Fsp3) is 0.500. The lowest BCUT2D eigenvalue weighted by molar-refractivity contribution is 0.547. The zero-order chi connectivity index (χ0) is 13.7. The lowest BCUT2D eigenvalue weighted by Gasteiger charge is -2.27. The second-order valence-electron chi connectivity index (χ2n) is 4.58. The van der Waals surface area contributed by atoms with E-state index >= 15 is 0 Å². The number of rotatable bonds is 6. The van der Waals surface area contributed by atoms with E-state index in [1.165, 1.54) is 12.1 Å². The van der Waals surface area contributed by atoms with Gasteiger partial charge in [-0.05, 0) is 47.0 Å². The first-order valence-electron chi connectivity index (χ1n) is 6.33. The summed E-state index contributed by atoms with van der Waals surface area (Å²) in [5, 5.41) is 0. The van der Waals surface area contributed by atoms with Gasteiger partial charge in [0.25, 0.3) is 0 Å². The molecule has 0 aliphatic carbocycles. The molecule has 18 heavy (non-hydrogen) atoms. The highest BCUT2D eigenvalue weighted by Crippen LogP contribution is 2.28. The van der Waals surface area contributed by atoms with E-state index in [4.69, 9.17) is 18.0 Å². The second kappa shape index (κ2) is 7.10. The van der Waals surface area contributed by atoms with Gasteiger partial charge in [-0.15, -0.1) is 0 Å². The average molecular weight is 329 g/mol. The fourth-order valence-electron chi connectivity index (χ4n) is 1.82. The molecule has 0 aliphatic heterocycles. The summed E-state index contributed by atoms with van der Waals surface area (Å²) in [7, 11) is 0. The third kappa shape index (κ3) is 3.95. The summed E-state index contributed by atoms with van der Waals surface area (Å²) in [4.78, 5) is 2.81. The van der Waals surface area contributed by atoms with Gasteiger partial charge in [-0.25, -0.2) is 0 Å². The van der Waals surface area contributed by atoms with Crippen molar-refractivity contribution in [1.82, 2.24) is 0 Å². The van der Waals surface area contributed by atoms with Gasteiger partial charge in [0.1, 0.15) is 4.99 Å². The first kappa shape index (κ1) is 15.4. The zero-order valence-corrected chi connectivity index (χ0v) is 13.6. The van der Waals surface area contributed by atoms with Gasteiger partial charge in [0.05, 0.1) is 5.69 Å². The predicted octanol–water partition coefficient (Wildman–Crippen LogP) is 3.96. The summed E-state index contributed by atoms with van der Waals surface area (Å²) in [6.07, 6.45) is 1.19. The first-order chi connectivity index (χ1) is 8.49. The zero-order valence-electron chi connectivity index (χ0n) is 11.2. The highest BCUT2D eigenvalue weighted by atomic mass is 79.9. The van der Waals surface area contributed by atoms with Gasteiger partial charge >= 0.3 is 0 Å². The van der Waals surface area contributed by atoms with E-state index in [1.54, 1.807) is 0 Å². The molecule has 0 aliphatic rings. The molecule has 0 heterocycles. The Morgan fingerprint density at radius 2 is 2.11 bits per heavy atom. The van der Waals surface area contributed by atoms with E-state index in [1.807, 2.05) is 12.1 Å². The van der Waals surface area contributed by atoms with Crippen molar-refractivity contribution in [3.05, 3.63) is 28.2 Å². The quantitative estimate of drug-likeness (QED) is 0.801. The maximum atomic E-state index is 5.64. The van der Waals surface area contributed by atoms with Crippen molar-refractivity contribution < 1.29 is 0 Å². The van der Waals surface area contributed by atoms with Crippen molar-refractivity contribution in [2.45, 2.75) is 27.2 Å².